The van der Waals surface area contributed by atoms with Crippen molar-refractivity contribution in [3.05, 3.63) is 17.0 Å². The van der Waals surface area contributed by atoms with Crippen LogP contribution in [-0.4, -0.2) is 25.0 Å². The minimum atomic E-state index is -0.223. The summed E-state index contributed by atoms with van der Waals surface area (Å²) in [6, 6.07) is 3.45. The third-order valence-corrected chi connectivity index (χ3v) is 2.24. The molecule has 13 heavy (non-hydrogen) atoms. The highest BCUT2D eigenvalue weighted by Crippen LogP contribution is 2.22. The summed E-state index contributed by atoms with van der Waals surface area (Å²) in [5, 5.41) is 13.6. The van der Waals surface area contributed by atoms with Gasteiger partial charge in [-0.15, -0.1) is 11.3 Å². The maximum atomic E-state index is 11.2. The van der Waals surface area contributed by atoms with Crippen molar-refractivity contribution in [2.45, 2.75) is 0 Å². The van der Waals surface area contributed by atoms with Gasteiger partial charge in [-0.05, 0) is 11.4 Å². The van der Waals surface area contributed by atoms with Crippen LogP contribution in [-0.2, 0) is 0 Å². The van der Waals surface area contributed by atoms with Crippen molar-refractivity contribution in [3.8, 4) is 6.07 Å². The van der Waals surface area contributed by atoms with Gasteiger partial charge in [0, 0.05) is 14.1 Å². The SMILES string of the molecule is CN(C)C(=O)Nc1sccc1C#N. The number of nitrogens with one attached hydrogen (secondary N) is 1. The lowest BCUT2D eigenvalue weighted by Crippen LogP contribution is -2.27. The predicted molar refractivity (Wildman–Crippen MR) is 51.7 cm³/mol. The van der Waals surface area contributed by atoms with Gasteiger partial charge in [-0.3, -0.25) is 5.32 Å². The average molecular weight is 195 g/mol. The molecule has 2 amide bonds. The molecule has 0 saturated heterocycles. The summed E-state index contributed by atoms with van der Waals surface area (Å²) < 4.78 is 0. The van der Waals surface area contributed by atoms with E-state index in [4.69, 9.17) is 5.26 Å². The van der Waals surface area contributed by atoms with E-state index in [1.165, 1.54) is 16.2 Å². The van der Waals surface area contributed by atoms with E-state index in [0.717, 1.165) is 0 Å². The van der Waals surface area contributed by atoms with Gasteiger partial charge >= 0.3 is 6.03 Å². The van der Waals surface area contributed by atoms with Gasteiger partial charge in [-0.25, -0.2) is 4.79 Å². The Kier molecular flexibility index (Phi) is 2.88. The molecule has 0 unspecified atom stereocenters. The number of carbonyl (C=O) groups is 1. The van der Waals surface area contributed by atoms with Gasteiger partial charge in [-0.2, -0.15) is 5.26 Å². The molecule has 0 aromatic carbocycles. The van der Waals surface area contributed by atoms with Gasteiger partial charge < -0.3 is 4.90 Å². The molecule has 1 aromatic heterocycles. The van der Waals surface area contributed by atoms with Gasteiger partial charge in [0.15, 0.2) is 0 Å². The van der Waals surface area contributed by atoms with Crippen LogP contribution in [0.4, 0.5) is 9.80 Å². The molecule has 4 nitrogen and oxygen atoms in total. The fourth-order valence-corrected chi connectivity index (χ4v) is 1.43. The second kappa shape index (κ2) is 3.92. The van der Waals surface area contributed by atoms with Crippen LogP contribution in [0, 0.1) is 11.3 Å². The molecule has 1 aromatic rings. The molecule has 0 aliphatic carbocycles. The Labute approximate surface area is 80.4 Å². The molecule has 0 aliphatic rings. The number of nitrogens with zero attached hydrogens (tertiary/aromatic N) is 2. The van der Waals surface area contributed by atoms with E-state index in [0.29, 0.717) is 10.6 Å². The normalized spacial score (nSPS) is 9.00. The van der Waals surface area contributed by atoms with Crippen LogP contribution in [0.3, 0.4) is 0 Å². The molecule has 0 atom stereocenters. The fourth-order valence-electron chi connectivity index (χ4n) is 0.703. The number of amides is 2. The summed E-state index contributed by atoms with van der Waals surface area (Å²) in [7, 11) is 3.30. The highest BCUT2D eigenvalue weighted by Gasteiger charge is 2.08. The standard InChI is InChI=1S/C8H9N3OS/c1-11(2)8(12)10-7-6(5-9)3-4-13-7/h3-4H,1-2H3,(H,10,12). The molecule has 0 saturated carbocycles. The van der Waals surface area contributed by atoms with Crippen molar-refractivity contribution in [1.82, 2.24) is 4.90 Å². The van der Waals surface area contributed by atoms with Crippen molar-refractivity contribution in [2.75, 3.05) is 19.4 Å². The van der Waals surface area contributed by atoms with Crippen molar-refractivity contribution in [3.63, 3.8) is 0 Å². The number of anilines is 1. The fraction of sp³-hybridized carbons (Fsp3) is 0.250. The second-order valence-corrected chi connectivity index (χ2v) is 3.52. The van der Waals surface area contributed by atoms with E-state index in [1.807, 2.05) is 6.07 Å². The lowest BCUT2D eigenvalue weighted by Gasteiger charge is -2.10. The molecule has 1 rings (SSSR count). The molecule has 68 valence electrons. The van der Waals surface area contributed by atoms with Gasteiger partial charge in [0.25, 0.3) is 0 Å². The quantitative estimate of drug-likeness (QED) is 0.741. The van der Waals surface area contributed by atoms with Crippen LogP contribution < -0.4 is 5.32 Å². The summed E-state index contributed by atoms with van der Waals surface area (Å²) in [6.45, 7) is 0. The molecule has 0 bridgehead atoms. The van der Waals surface area contributed by atoms with Crippen LogP contribution in [0.1, 0.15) is 5.56 Å². The Morgan fingerprint density at radius 1 is 1.69 bits per heavy atom. The molecule has 0 fully saturated rings. The smallest absolute Gasteiger partial charge is 0.321 e. The maximum absolute atomic E-state index is 11.2. The summed E-state index contributed by atoms with van der Waals surface area (Å²) in [6.07, 6.45) is 0. The molecule has 1 heterocycles. The first-order chi connectivity index (χ1) is 6.15. The summed E-state index contributed by atoms with van der Waals surface area (Å²) >= 11 is 1.34. The molecule has 0 radical (unpaired) electrons. The number of thiophene rings is 1. The zero-order valence-electron chi connectivity index (χ0n) is 7.37. The number of hydrogen-bond acceptors (Lipinski definition) is 3. The first kappa shape index (κ1) is 9.55. The van der Waals surface area contributed by atoms with E-state index < -0.39 is 0 Å². The minimum absolute atomic E-state index is 0.223. The third kappa shape index (κ3) is 2.20. The highest BCUT2D eigenvalue weighted by molar-refractivity contribution is 7.14. The van der Waals surface area contributed by atoms with Crippen molar-refractivity contribution < 1.29 is 4.79 Å². The number of carbonyl (C=O) groups excluding carboxylic acids is 1. The number of hydrogen-bond donors (Lipinski definition) is 1. The molecule has 1 N–H and O–H groups in total. The van der Waals surface area contributed by atoms with E-state index in [-0.39, 0.29) is 6.03 Å². The van der Waals surface area contributed by atoms with Crippen LogP contribution in [0.25, 0.3) is 0 Å². The zero-order chi connectivity index (χ0) is 9.84. The lowest BCUT2D eigenvalue weighted by molar-refractivity contribution is 0.231. The zero-order valence-corrected chi connectivity index (χ0v) is 8.18. The highest BCUT2D eigenvalue weighted by atomic mass is 32.1. The van der Waals surface area contributed by atoms with E-state index in [2.05, 4.69) is 5.32 Å². The van der Waals surface area contributed by atoms with Gasteiger partial charge in [0.1, 0.15) is 11.1 Å². The Bertz CT molecular complexity index is 351. The number of nitriles is 1. The van der Waals surface area contributed by atoms with Gasteiger partial charge in [-0.1, -0.05) is 0 Å². The first-order valence-corrected chi connectivity index (χ1v) is 4.49. The molecule has 0 spiro atoms. The van der Waals surface area contributed by atoms with Gasteiger partial charge in [0.2, 0.25) is 0 Å². The Morgan fingerprint density at radius 2 is 2.38 bits per heavy atom. The van der Waals surface area contributed by atoms with E-state index >= 15 is 0 Å². The molecule has 5 heteroatoms. The Balaban J connectivity index is 2.76. The monoisotopic (exact) mass is 195 g/mol. The summed E-state index contributed by atoms with van der Waals surface area (Å²) in [5.74, 6) is 0. The Hall–Kier alpha value is -1.54. The molecule has 0 aliphatic heterocycles. The van der Waals surface area contributed by atoms with Crippen LogP contribution in [0.15, 0.2) is 11.4 Å². The Morgan fingerprint density at radius 3 is 2.92 bits per heavy atom. The van der Waals surface area contributed by atoms with Crippen LogP contribution in [0.2, 0.25) is 0 Å². The average Bonchev–Trinajstić information content (AvgIpc) is 2.51. The van der Waals surface area contributed by atoms with Crippen LogP contribution >= 0.6 is 11.3 Å². The van der Waals surface area contributed by atoms with E-state index in [9.17, 15) is 4.79 Å². The largest absolute Gasteiger partial charge is 0.331 e. The topological polar surface area (TPSA) is 56.1 Å². The van der Waals surface area contributed by atoms with Crippen LogP contribution in [0.5, 0.6) is 0 Å². The van der Waals surface area contributed by atoms with Crippen molar-refractivity contribution in [1.29, 1.82) is 5.26 Å². The number of urea groups is 1. The maximum Gasteiger partial charge on any atom is 0.321 e. The third-order valence-electron chi connectivity index (χ3n) is 1.41. The van der Waals surface area contributed by atoms with Crippen molar-refractivity contribution in [2.24, 2.45) is 0 Å². The summed E-state index contributed by atoms with van der Waals surface area (Å²) in [4.78, 5) is 12.6. The molecular weight excluding hydrogens is 186 g/mol. The van der Waals surface area contributed by atoms with E-state index in [1.54, 1.807) is 25.5 Å². The van der Waals surface area contributed by atoms with Crippen molar-refractivity contribution >= 4 is 22.4 Å². The first-order valence-electron chi connectivity index (χ1n) is 3.61. The van der Waals surface area contributed by atoms with Gasteiger partial charge in [0.05, 0.1) is 5.56 Å². The molecular formula is C8H9N3OS. The lowest BCUT2D eigenvalue weighted by atomic mass is 10.3. The summed E-state index contributed by atoms with van der Waals surface area (Å²) in [5.41, 5.74) is 0.500. The predicted octanol–water partition coefficient (Wildman–Crippen LogP) is 1.71. The second-order valence-electron chi connectivity index (χ2n) is 2.60. The number of rotatable bonds is 1. The minimum Gasteiger partial charge on any atom is -0.331 e.